The Kier molecular flexibility index (Phi) is 4.44. The fourth-order valence-electron chi connectivity index (χ4n) is 3.46. The molecule has 2 heterocycles. The molecule has 0 unspecified atom stereocenters. The largest absolute Gasteiger partial charge is 0.394 e. The topological polar surface area (TPSA) is 65.1 Å². The number of methoxy groups -OCH3 is 1. The lowest BCUT2D eigenvalue weighted by molar-refractivity contribution is 0.200. The second-order valence-corrected chi connectivity index (χ2v) is 6.35. The molecule has 0 bridgehead atoms. The lowest BCUT2D eigenvalue weighted by Gasteiger charge is -2.05. The first kappa shape index (κ1) is 16.8. The molecule has 2 aromatic heterocycles. The van der Waals surface area contributed by atoms with Gasteiger partial charge in [0.1, 0.15) is 0 Å². The van der Waals surface area contributed by atoms with E-state index in [0.29, 0.717) is 19.6 Å². The number of aliphatic hydroxyl groups excluding tert-OH is 1. The number of aliphatic hydroxyl groups is 1. The second kappa shape index (κ2) is 6.90. The number of fused-ring (bicyclic) bond motifs is 3. The average molecular weight is 350 g/mol. The van der Waals surface area contributed by atoms with E-state index in [1.807, 2.05) is 0 Å². The van der Waals surface area contributed by atoms with E-state index in [2.05, 4.69) is 64.2 Å². The van der Waals surface area contributed by atoms with Crippen LogP contribution in [-0.4, -0.2) is 44.8 Å². The zero-order chi connectivity index (χ0) is 18.1. The minimum absolute atomic E-state index is 0.0244. The standard InChI is InChI=1S/C20H22N4O2/c1-23-17-6-4-3-5-15(17)16-13-14(7-8-18(16)23)20-21-19(9-12-26-2)22-24(20)10-11-25/h3-8,13,25H,9-12H2,1-2H3. The van der Waals surface area contributed by atoms with Gasteiger partial charge in [-0.05, 0) is 24.3 Å². The van der Waals surface area contributed by atoms with E-state index in [4.69, 9.17) is 4.74 Å². The summed E-state index contributed by atoms with van der Waals surface area (Å²) in [6, 6.07) is 14.7. The Morgan fingerprint density at radius 1 is 1.08 bits per heavy atom. The Bertz CT molecular complexity index is 1060. The Labute approximate surface area is 151 Å². The molecule has 0 radical (unpaired) electrons. The highest BCUT2D eigenvalue weighted by Crippen LogP contribution is 2.31. The number of ether oxygens (including phenoxy) is 1. The number of hydrogen-bond donors (Lipinski definition) is 1. The number of aryl methyl sites for hydroxylation is 1. The molecule has 6 heteroatoms. The molecule has 134 valence electrons. The monoisotopic (exact) mass is 350 g/mol. The number of para-hydroxylation sites is 1. The van der Waals surface area contributed by atoms with Gasteiger partial charge in [-0.15, -0.1) is 0 Å². The van der Waals surface area contributed by atoms with Crippen molar-refractivity contribution in [3.05, 3.63) is 48.3 Å². The van der Waals surface area contributed by atoms with Crippen molar-refractivity contribution in [1.82, 2.24) is 19.3 Å². The van der Waals surface area contributed by atoms with Crippen LogP contribution in [0.2, 0.25) is 0 Å². The number of nitrogens with zero attached hydrogens (tertiary/aromatic N) is 4. The van der Waals surface area contributed by atoms with Crippen molar-refractivity contribution < 1.29 is 9.84 Å². The van der Waals surface area contributed by atoms with Crippen molar-refractivity contribution in [2.24, 2.45) is 7.05 Å². The van der Waals surface area contributed by atoms with Crippen molar-refractivity contribution in [3.63, 3.8) is 0 Å². The molecular formula is C20H22N4O2. The Balaban J connectivity index is 1.86. The smallest absolute Gasteiger partial charge is 0.158 e. The van der Waals surface area contributed by atoms with E-state index in [-0.39, 0.29) is 6.61 Å². The van der Waals surface area contributed by atoms with Crippen LogP contribution in [0.1, 0.15) is 5.82 Å². The summed E-state index contributed by atoms with van der Waals surface area (Å²) in [6.07, 6.45) is 0.651. The van der Waals surface area contributed by atoms with E-state index in [1.54, 1.807) is 11.8 Å². The van der Waals surface area contributed by atoms with Gasteiger partial charge in [0.15, 0.2) is 11.6 Å². The van der Waals surface area contributed by atoms with Crippen molar-refractivity contribution in [1.29, 1.82) is 0 Å². The van der Waals surface area contributed by atoms with Crippen LogP contribution in [0.25, 0.3) is 33.2 Å². The van der Waals surface area contributed by atoms with Gasteiger partial charge in [0.25, 0.3) is 0 Å². The summed E-state index contributed by atoms with van der Waals surface area (Å²) in [4.78, 5) is 4.68. The van der Waals surface area contributed by atoms with Crippen molar-refractivity contribution in [2.75, 3.05) is 20.3 Å². The predicted molar refractivity (Wildman–Crippen MR) is 102 cm³/mol. The average Bonchev–Trinajstić information content (AvgIpc) is 3.20. The van der Waals surface area contributed by atoms with E-state index in [9.17, 15) is 5.11 Å². The van der Waals surface area contributed by atoms with Crippen LogP contribution in [0, 0.1) is 0 Å². The molecule has 0 spiro atoms. The molecule has 0 aliphatic carbocycles. The van der Waals surface area contributed by atoms with Crippen molar-refractivity contribution in [3.8, 4) is 11.4 Å². The highest BCUT2D eigenvalue weighted by Gasteiger charge is 2.14. The molecule has 0 saturated carbocycles. The maximum absolute atomic E-state index is 9.38. The van der Waals surface area contributed by atoms with Gasteiger partial charge in [-0.2, -0.15) is 5.10 Å². The molecule has 1 N–H and O–H groups in total. The third kappa shape index (κ3) is 2.77. The zero-order valence-corrected chi connectivity index (χ0v) is 15.0. The molecule has 0 saturated heterocycles. The number of aromatic nitrogens is 4. The SMILES string of the molecule is COCCc1nc(-c2ccc3c(c2)c2ccccc2n3C)n(CCO)n1. The minimum Gasteiger partial charge on any atom is -0.394 e. The zero-order valence-electron chi connectivity index (χ0n) is 15.0. The van der Waals surface area contributed by atoms with Gasteiger partial charge in [0.05, 0.1) is 19.8 Å². The summed E-state index contributed by atoms with van der Waals surface area (Å²) in [7, 11) is 3.75. The van der Waals surface area contributed by atoms with E-state index >= 15 is 0 Å². The summed E-state index contributed by atoms with van der Waals surface area (Å²) in [5.41, 5.74) is 3.39. The highest BCUT2D eigenvalue weighted by molar-refractivity contribution is 6.09. The molecule has 26 heavy (non-hydrogen) atoms. The third-order valence-electron chi connectivity index (χ3n) is 4.73. The van der Waals surface area contributed by atoms with Crippen LogP contribution >= 0.6 is 0 Å². The van der Waals surface area contributed by atoms with Gasteiger partial charge in [-0.3, -0.25) is 0 Å². The lowest BCUT2D eigenvalue weighted by atomic mass is 10.1. The lowest BCUT2D eigenvalue weighted by Crippen LogP contribution is -2.06. The van der Waals surface area contributed by atoms with E-state index < -0.39 is 0 Å². The third-order valence-corrected chi connectivity index (χ3v) is 4.73. The molecule has 4 aromatic rings. The molecular weight excluding hydrogens is 328 g/mol. The second-order valence-electron chi connectivity index (χ2n) is 6.35. The molecule has 4 rings (SSSR count). The summed E-state index contributed by atoms with van der Waals surface area (Å²) in [5, 5.41) is 16.3. The summed E-state index contributed by atoms with van der Waals surface area (Å²) >= 11 is 0. The molecule has 0 fully saturated rings. The number of benzene rings is 2. The number of rotatable bonds is 6. The summed E-state index contributed by atoms with van der Waals surface area (Å²) in [6.45, 7) is 1.02. The van der Waals surface area contributed by atoms with E-state index in [0.717, 1.165) is 17.2 Å². The molecule has 2 aromatic carbocycles. The number of hydrogen-bond acceptors (Lipinski definition) is 4. The maximum atomic E-state index is 9.38. The predicted octanol–water partition coefficient (Wildman–Crippen LogP) is 2.77. The fraction of sp³-hybridized carbons (Fsp3) is 0.300. The van der Waals surface area contributed by atoms with Crippen LogP contribution in [0.4, 0.5) is 0 Å². The van der Waals surface area contributed by atoms with E-state index in [1.165, 1.54) is 21.8 Å². The van der Waals surface area contributed by atoms with Crippen molar-refractivity contribution in [2.45, 2.75) is 13.0 Å². The Hall–Kier alpha value is -2.70. The van der Waals surface area contributed by atoms with Crippen LogP contribution in [0.3, 0.4) is 0 Å². The first-order valence-corrected chi connectivity index (χ1v) is 8.74. The Morgan fingerprint density at radius 3 is 2.69 bits per heavy atom. The van der Waals surface area contributed by atoms with Crippen LogP contribution in [-0.2, 0) is 24.8 Å². The van der Waals surface area contributed by atoms with Crippen LogP contribution < -0.4 is 0 Å². The van der Waals surface area contributed by atoms with Gasteiger partial charge in [-0.25, -0.2) is 9.67 Å². The van der Waals surface area contributed by atoms with Gasteiger partial charge >= 0.3 is 0 Å². The molecule has 0 atom stereocenters. The summed E-state index contributed by atoms with van der Waals surface area (Å²) < 4.78 is 9.11. The molecule has 0 aliphatic rings. The first-order chi connectivity index (χ1) is 12.7. The maximum Gasteiger partial charge on any atom is 0.158 e. The highest BCUT2D eigenvalue weighted by atomic mass is 16.5. The Morgan fingerprint density at radius 2 is 1.88 bits per heavy atom. The van der Waals surface area contributed by atoms with Crippen LogP contribution in [0.5, 0.6) is 0 Å². The summed E-state index contributed by atoms with van der Waals surface area (Å²) in [5.74, 6) is 1.51. The molecule has 0 amide bonds. The molecule has 6 nitrogen and oxygen atoms in total. The van der Waals surface area contributed by atoms with Crippen molar-refractivity contribution >= 4 is 21.8 Å². The minimum atomic E-state index is 0.0244. The van der Waals surface area contributed by atoms with Gasteiger partial charge in [0, 0.05) is 47.9 Å². The van der Waals surface area contributed by atoms with Gasteiger partial charge in [0.2, 0.25) is 0 Å². The fourth-order valence-corrected chi connectivity index (χ4v) is 3.46. The quantitative estimate of drug-likeness (QED) is 0.581. The van der Waals surface area contributed by atoms with Gasteiger partial charge in [-0.1, -0.05) is 18.2 Å². The normalized spacial score (nSPS) is 11.7. The first-order valence-electron chi connectivity index (χ1n) is 8.74. The van der Waals surface area contributed by atoms with Gasteiger partial charge < -0.3 is 14.4 Å². The molecule has 0 aliphatic heterocycles. The van der Waals surface area contributed by atoms with Crippen LogP contribution in [0.15, 0.2) is 42.5 Å².